The van der Waals surface area contributed by atoms with Crippen LogP contribution in [0.4, 0.5) is 0 Å². The molecule has 3 N–H and O–H groups in total. The summed E-state index contributed by atoms with van der Waals surface area (Å²) in [5, 5.41) is 21.2. The number of carboxylic acids is 1. The molecule has 68 valence electrons. The van der Waals surface area contributed by atoms with Gasteiger partial charge in [0.05, 0.1) is 12.0 Å². The fourth-order valence-electron chi connectivity index (χ4n) is 2.41. The average Bonchev–Trinajstić information content (AvgIpc) is 2.61. The van der Waals surface area contributed by atoms with Gasteiger partial charge in [0.15, 0.2) is 0 Å². The summed E-state index contributed by atoms with van der Waals surface area (Å²) in [5.74, 6) is -0.720. The van der Waals surface area contributed by atoms with Gasteiger partial charge in [0.2, 0.25) is 0 Å². The van der Waals surface area contributed by atoms with Gasteiger partial charge in [0, 0.05) is 12.1 Å². The second-order valence-corrected chi connectivity index (χ2v) is 4.05. The Balaban J connectivity index is 2.23. The number of fused-ring (bicyclic) bond motifs is 2. The second kappa shape index (κ2) is 2.20. The Kier molecular flexibility index (Phi) is 1.47. The highest BCUT2D eigenvalue weighted by molar-refractivity contribution is 5.76. The lowest BCUT2D eigenvalue weighted by Gasteiger charge is -2.25. The van der Waals surface area contributed by atoms with E-state index < -0.39 is 11.4 Å². The van der Waals surface area contributed by atoms with E-state index in [1.165, 1.54) is 0 Å². The van der Waals surface area contributed by atoms with Crippen molar-refractivity contribution in [1.82, 2.24) is 5.32 Å². The van der Waals surface area contributed by atoms with Crippen molar-refractivity contribution in [2.75, 3.05) is 13.2 Å². The Hall–Kier alpha value is -0.610. The van der Waals surface area contributed by atoms with E-state index in [2.05, 4.69) is 5.32 Å². The van der Waals surface area contributed by atoms with E-state index in [9.17, 15) is 4.79 Å². The molecular formula is C8H13NO3. The van der Waals surface area contributed by atoms with Crippen LogP contribution in [0.1, 0.15) is 19.3 Å². The molecule has 0 aromatic rings. The molecule has 12 heavy (non-hydrogen) atoms. The topological polar surface area (TPSA) is 69.6 Å². The van der Waals surface area contributed by atoms with Crippen LogP contribution in [0.2, 0.25) is 0 Å². The van der Waals surface area contributed by atoms with E-state index >= 15 is 0 Å². The maximum absolute atomic E-state index is 10.9. The van der Waals surface area contributed by atoms with Gasteiger partial charge in [-0.3, -0.25) is 4.79 Å². The van der Waals surface area contributed by atoms with Gasteiger partial charge in [0.25, 0.3) is 0 Å². The van der Waals surface area contributed by atoms with Gasteiger partial charge in [-0.05, 0) is 19.3 Å². The van der Waals surface area contributed by atoms with E-state index in [0.29, 0.717) is 19.4 Å². The fraction of sp³-hybridized carbons (Fsp3) is 0.875. The van der Waals surface area contributed by atoms with Crippen LogP contribution >= 0.6 is 0 Å². The standard InChI is InChI=1S/C8H13NO3/c10-5-8-2-1-7(3-8,4-9-8)6(11)12/h9-10H,1-5H2,(H,11,12). The van der Waals surface area contributed by atoms with E-state index in [-0.39, 0.29) is 12.1 Å². The Morgan fingerprint density at radius 2 is 2.25 bits per heavy atom. The fourth-order valence-corrected chi connectivity index (χ4v) is 2.41. The molecule has 2 bridgehead atoms. The normalized spacial score (nSPS) is 45.1. The van der Waals surface area contributed by atoms with E-state index in [0.717, 1.165) is 6.42 Å². The summed E-state index contributed by atoms with van der Waals surface area (Å²) in [6, 6.07) is 0. The van der Waals surface area contributed by atoms with Crippen molar-refractivity contribution in [2.24, 2.45) is 5.41 Å². The van der Waals surface area contributed by atoms with Crippen LogP contribution in [0, 0.1) is 5.41 Å². The van der Waals surface area contributed by atoms with Crippen LogP contribution < -0.4 is 5.32 Å². The number of aliphatic hydroxyl groups is 1. The average molecular weight is 171 g/mol. The predicted octanol–water partition coefficient (Wildman–Crippen LogP) is -0.424. The highest BCUT2D eigenvalue weighted by Crippen LogP contribution is 2.49. The molecule has 0 radical (unpaired) electrons. The number of rotatable bonds is 2. The van der Waals surface area contributed by atoms with Crippen molar-refractivity contribution in [3.05, 3.63) is 0 Å². The minimum atomic E-state index is -0.720. The highest BCUT2D eigenvalue weighted by Gasteiger charge is 2.57. The van der Waals surface area contributed by atoms with Crippen LogP contribution in [0.3, 0.4) is 0 Å². The summed E-state index contributed by atoms with van der Waals surface area (Å²) in [6.45, 7) is 0.574. The first-order chi connectivity index (χ1) is 5.63. The molecule has 2 unspecified atom stereocenters. The van der Waals surface area contributed by atoms with Crippen molar-refractivity contribution in [1.29, 1.82) is 0 Å². The Morgan fingerprint density at radius 1 is 1.50 bits per heavy atom. The first-order valence-electron chi connectivity index (χ1n) is 4.22. The first kappa shape index (κ1) is 8.01. The number of hydrogen-bond donors (Lipinski definition) is 3. The number of carbonyl (C=O) groups is 1. The molecule has 1 heterocycles. The van der Waals surface area contributed by atoms with E-state index in [1.54, 1.807) is 0 Å². The molecule has 2 fully saturated rings. The van der Waals surface area contributed by atoms with Crippen molar-refractivity contribution >= 4 is 5.97 Å². The van der Waals surface area contributed by atoms with Gasteiger partial charge in [-0.15, -0.1) is 0 Å². The minimum Gasteiger partial charge on any atom is -0.481 e. The summed E-state index contributed by atoms with van der Waals surface area (Å²) in [4.78, 5) is 10.9. The lowest BCUT2D eigenvalue weighted by atomic mass is 9.88. The third-order valence-electron chi connectivity index (χ3n) is 3.32. The van der Waals surface area contributed by atoms with Crippen molar-refractivity contribution in [2.45, 2.75) is 24.8 Å². The molecular weight excluding hydrogens is 158 g/mol. The van der Waals surface area contributed by atoms with Gasteiger partial charge in [-0.2, -0.15) is 0 Å². The predicted molar refractivity (Wildman–Crippen MR) is 41.7 cm³/mol. The Labute approximate surface area is 70.6 Å². The molecule has 0 spiro atoms. The highest BCUT2D eigenvalue weighted by atomic mass is 16.4. The third-order valence-corrected chi connectivity index (χ3v) is 3.32. The zero-order chi connectivity index (χ0) is 8.82. The van der Waals surface area contributed by atoms with Gasteiger partial charge in [0.1, 0.15) is 0 Å². The number of hydrogen-bond acceptors (Lipinski definition) is 3. The quantitative estimate of drug-likeness (QED) is 0.527. The number of aliphatic hydroxyl groups excluding tert-OH is 1. The molecule has 2 atom stereocenters. The smallest absolute Gasteiger partial charge is 0.311 e. The minimum absolute atomic E-state index is 0.0576. The lowest BCUT2D eigenvalue weighted by molar-refractivity contribution is -0.147. The molecule has 0 aromatic heterocycles. The molecule has 1 aliphatic heterocycles. The summed E-state index contributed by atoms with van der Waals surface area (Å²) in [5.41, 5.74) is -0.860. The van der Waals surface area contributed by atoms with Crippen LogP contribution in [0.5, 0.6) is 0 Å². The molecule has 0 aromatic carbocycles. The van der Waals surface area contributed by atoms with Crippen LogP contribution in [-0.2, 0) is 4.79 Å². The summed E-state index contributed by atoms with van der Waals surface area (Å²) in [6.07, 6.45) is 2.08. The van der Waals surface area contributed by atoms with Crippen LogP contribution in [0.25, 0.3) is 0 Å². The molecule has 2 rings (SSSR count). The van der Waals surface area contributed by atoms with Gasteiger partial charge < -0.3 is 15.5 Å². The van der Waals surface area contributed by atoms with Crippen LogP contribution in [0.15, 0.2) is 0 Å². The van der Waals surface area contributed by atoms with Crippen LogP contribution in [-0.4, -0.2) is 34.9 Å². The maximum atomic E-state index is 10.9. The van der Waals surface area contributed by atoms with Gasteiger partial charge in [-0.1, -0.05) is 0 Å². The largest absolute Gasteiger partial charge is 0.481 e. The Morgan fingerprint density at radius 3 is 2.50 bits per heavy atom. The first-order valence-corrected chi connectivity index (χ1v) is 4.22. The van der Waals surface area contributed by atoms with Crippen molar-refractivity contribution in [3.8, 4) is 0 Å². The summed E-state index contributed by atoms with van der Waals surface area (Å²) >= 11 is 0. The SMILES string of the molecule is O=C(O)C12CCC(CO)(C1)NC2. The molecule has 4 nitrogen and oxygen atoms in total. The zero-order valence-corrected chi connectivity index (χ0v) is 6.84. The van der Waals surface area contributed by atoms with Gasteiger partial charge in [-0.25, -0.2) is 0 Å². The van der Waals surface area contributed by atoms with Crippen molar-refractivity contribution < 1.29 is 15.0 Å². The molecule has 0 amide bonds. The van der Waals surface area contributed by atoms with Gasteiger partial charge >= 0.3 is 5.97 Å². The molecule has 1 aliphatic carbocycles. The van der Waals surface area contributed by atoms with E-state index in [1.807, 2.05) is 0 Å². The summed E-state index contributed by atoms with van der Waals surface area (Å²) < 4.78 is 0. The third kappa shape index (κ3) is 0.820. The number of aliphatic carboxylic acids is 1. The van der Waals surface area contributed by atoms with Crippen molar-refractivity contribution in [3.63, 3.8) is 0 Å². The number of carboxylic acid groups (broad SMARTS) is 1. The Bertz CT molecular complexity index is 218. The second-order valence-electron chi connectivity index (χ2n) is 4.05. The summed E-state index contributed by atoms with van der Waals surface area (Å²) in [7, 11) is 0. The number of piperidine rings is 1. The maximum Gasteiger partial charge on any atom is 0.311 e. The molecule has 2 aliphatic rings. The number of nitrogens with one attached hydrogen (secondary N) is 1. The zero-order valence-electron chi connectivity index (χ0n) is 6.84. The molecule has 1 saturated carbocycles. The van der Waals surface area contributed by atoms with E-state index in [4.69, 9.17) is 10.2 Å². The molecule has 1 saturated heterocycles. The molecule has 4 heteroatoms. The lowest BCUT2D eigenvalue weighted by Crippen LogP contribution is -2.44. The monoisotopic (exact) mass is 171 g/mol.